The van der Waals surface area contributed by atoms with Crippen molar-refractivity contribution < 1.29 is 4.39 Å². The molecule has 0 heterocycles. The third-order valence-corrected chi connectivity index (χ3v) is 3.96. The van der Waals surface area contributed by atoms with Crippen LogP contribution in [0.4, 0.5) is 4.39 Å². The summed E-state index contributed by atoms with van der Waals surface area (Å²) >= 11 is 0. The maximum absolute atomic E-state index is 13.4. The summed E-state index contributed by atoms with van der Waals surface area (Å²) in [6.45, 7) is 4.44. The fourth-order valence-electron chi connectivity index (χ4n) is 2.89. The zero-order chi connectivity index (χ0) is 13.0. The quantitative estimate of drug-likeness (QED) is 0.870. The van der Waals surface area contributed by atoms with Crippen LogP contribution in [0.5, 0.6) is 0 Å². The molecule has 1 aromatic rings. The van der Waals surface area contributed by atoms with Gasteiger partial charge in [-0.15, -0.1) is 0 Å². The van der Waals surface area contributed by atoms with E-state index in [1.165, 1.54) is 31.2 Å². The van der Waals surface area contributed by atoms with Crippen molar-refractivity contribution in [2.75, 3.05) is 6.54 Å². The molecule has 0 saturated heterocycles. The van der Waals surface area contributed by atoms with Gasteiger partial charge in [0.05, 0.1) is 0 Å². The van der Waals surface area contributed by atoms with E-state index in [1.54, 1.807) is 6.07 Å². The maximum atomic E-state index is 13.4. The average molecular weight is 250 g/mol. The minimum absolute atomic E-state index is 0.190. The Morgan fingerprint density at radius 3 is 2.67 bits per heavy atom. The van der Waals surface area contributed by atoms with Crippen LogP contribution in [0.25, 0.3) is 0 Å². The largest absolute Gasteiger partial charge is 0.326 e. The van der Waals surface area contributed by atoms with Gasteiger partial charge < -0.3 is 5.73 Å². The lowest BCUT2D eigenvalue weighted by atomic mass is 10.1. The lowest BCUT2D eigenvalue weighted by Crippen LogP contribution is -2.32. The molecule has 2 N–H and O–H groups in total. The number of hydrogen-bond donors (Lipinski definition) is 1. The van der Waals surface area contributed by atoms with Crippen molar-refractivity contribution in [3.8, 4) is 0 Å². The van der Waals surface area contributed by atoms with Gasteiger partial charge in [-0.2, -0.15) is 0 Å². The summed E-state index contributed by atoms with van der Waals surface area (Å²) in [5.74, 6) is -0.190. The minimum Gasteiger partial charge on any atom is -0.326 e. The molecule has 0 bridgehead atoms. The van der Waals surface area contributed by atoms with Gasteiger partial charge in [0.1, 0.15) is 5.82 Å². The van der Waals surface area contributed by atoms with E-state index in [4.69, 9.17) is 5.73 Å². The Labute approximate surface area is 109 Å². The zero-order valence-electron chi connectivity index (χ0n) is 11.2. The van der Waals surface area contributed by atoms with Crippen LogP contribution < -0.4 is 5.73 Å². The van der Waals surface area contributed by atoms with E-state index >= 15 is 0 Å². The number of benzene rings is 1. The third-order valence-electron chi connectivity index (χ3n) is 3.96. The zero-order valence-corrected chi connectivity index (χ0v) is 11.2. The highest BCUT2D eigenvalue weighted by atomic mass is 19.1. The summed E-state index contributed by atoms with van der Waals surface area (Å²) in [4.78, 5) is 2.50. The van der Waals surface area contributed by atoms with Crippen molar-refractivity contribution in [3.05, 3.63) is 35.1 Å². The summed E-state index contributed by atoms with van der Waals surface area (Å²) in [6.07, 6.45) is 5.30. The molecule has 1 fully saturated rings. The Hall–Kier alpha value is -0.930. The van der Waals surface area contributed by atoms with Gasteiger partial charge in [0, 0.05) is 24.7 Å². The van der Waals surface area contributed by atoms with Crippen LogP contribution in [0.3, 0.4) is 0 Å². The van der Waals surface area contributed by atoms with Gasteiger partial charge in [-0.25, -0.2) is 4.39 Å². The van der Waals surface area contributed by atoms with Crippen LogP contribution in [0.1, 0.15) is 43.7 Å². The monoisotopic (exact) mass is 250 g/mol. The third kappa shape index (κ3) is 3.09. The molecular weight excluding hydrogens is 227 g/mol. The molecule has 18 heavy (non-hydrogen) atoms. The van der Waals surface area contributed by atoms with Crippen LogP contribution in [-0.4, -0.2) is 17.5 Å². The Balaban J connectivity index is 2.06. The fraction of sp³-hybridized carbons (Fsp3) is 0.600. The first-order valence-electron chi connectivity index (χ1n) is 6.96. The Morgan fingerprint density at radius 2 is 2.06 bits per heavy atom. The molecule has 0 aliphatic heterocycles. The van der Waals surface area contributed by atoms with Crippen molar-refractivity contribution in [1.29, 1.82) is 0 Å². The van der Waals surface area contributed by atoms with Crippen molar-refractivity contribution in [2.45, 2.75) is 51.7 Å². The maximum Gasteiger partial charge on any atom is 0.127 e. The second kappa shape index (κ2) is 6.30. The average Bonchev–Trinajstić information content (AvgIpc) is 2.91. The van der Waals surface area contributed by atoms with Crippen molar-refractivity contribution in [1.82, 2.24) is 4.90 Å². The molecule has 0 unspecified atom stereocenters. The van der Waals surface area contributed by atoms with Crippen LogP contribution in [-0.2, 0) is 13.1 Å². The number of nitrogens with zero attached hydrogens (tertiary/aromatic N) is 1. The molecular formula is C15H23FN2. The Kier molecular flexibility index (Phi) is 4.72. The predicted molar refractivity (Wildman–Crippen MR) is 72.6 cm³/mol. The van der Waals surface area contributed by atoms with Crippen molar-refractivity contribution >= 4 is 0 Å². The number of hydrogen-bond acceptors (Lipinski definition) is 2. The molecule has 100 valence electrons. The molecule has 1 aliphatic rings. The topological polar surface area (TPSA) is 29.3 Å². The van der Waals surface area contributed by atoms with Gasteiger partial charge in [0.25, 0.3) is 0 Å². The van der Waals surface area contributed by atoms with E-state index < -0.39 is 0 Å². The first kappa shape index (κ1) is 13.5. The molecule has 3 heteroatoms. The Morgan fingerprint density at radius 1 is 1.33 bits per heavy atom. The van der Waals surface area contributed by atoms with E-state index in [1.807, 2.05) is 12.1 Å². The van der Waals surface area contributed by atoms with Crippen molar-refractivity contribution in [3.63, 3.8) is 0 Å². The highest BCUT2D eigenvalue weighted by molar-refractivity contribution is 5.25. The summed E-state index contributed by atoms with van der Waals surface area (Å²) < 4.78 is 13.4. The van der Waals surface area contributed by atoms with Gasteiger partial charge in [-0.3, -0.25) is 4.90 Å². The second-order valence-corrected chi connectivity index (χ2v) is 5.13. The molecule has 0 radical (unpaired) electrons. The molecule has 1 aromatic carbocycles. The molecule has 1 aliphatic carbocycles. The van der Waals surface area contributed by atoms with E-state index in [2.05, 4.69) is 11.8 Å². The minimum atomic E-state index is -0.190. The molecule has 1 saturated carbocycles. The SMILES string of the molecule is CCN(Cc1ccc(F)c(CN)c1)C1CCCC1. The Bertz CT molecular complexity index is 386. The van der Waals surface area contributed by atoms with E-state index in [0.717, 1.165) is 13.1 Å². The highest BCUT2D eigenvalue weighted by Gasteiger charge is 2.21. The molecule has 0 atom stereocenters. The number of halogens is 1. The molecule has 2 rings (SSSR count). The predicted octanol–water partition coefficient (Wildman–Crippen LogP) is 3.05. The normalized spacial score (nSPS) is 16.7. The second-order valence-electron chi connectivity index (χ2n) is 5.13. The van der Waals surface area contributed by atoms with Gasteiger partial charge in [-0.05, 0) is 31.0 Å². The molecule has 0 spiro atoms. The van der Waals surface area contributed by atoms with Crippen LogP contribution >= 0.6 is 0 Å². The fourth-order valence-corrected chi connectivity index (χ4v) is 2.89. The van der Waals surface area contributed by atoms with Gasteiger partial charge in [0.15, 0.2) is 0 Å². The first-order chi connectivity index (χ1) is 8.74. The highest BCUT2D eigenvalue weighted by Crippen LogP contribution is 2.25. The number of rotatable bonds is 5. The molecule has 0 aromatic heterocycles. The molecule has 0 amide bonds. The van der Waals surface area contributed by atoms with Gasteiger partial charge in [-0.1, -0.05) is 31.9 Å². The summed E-state index contributed by atoms with van der Waals surface area (Å²) in [5, 5.41) is 0. The lowest BCUT2D eigenvalue weighted by molar-refractivity contribution is 0.200. The van der Waals surface area contributed by atoms with Crippen LogP contribution in [0, 0.1) is 5.82 Å². The lowest BCUT2D eigenvalue weighted by Gasteiger charge is -2.27. The van der Waals surface area contributed by atoms with E-state index in [9.17, 15) is 4.39 Å². The summed E-state index contributed by atoms with van der Waals surface area (Å²) in [6, 6.07) is 6.04. The molecule has 2 nitrogen and oxygen atoms in total. The smallest absolute Gasteiger partial charge is 0.127 e. The van der Waals surface area contributed by atoms with Crippen LogP contribution in [0.15, 0.2) is 18.2 Å². The van der Waals surface area contributed by atoms with Crippen molar-refractivity contribution in [2.24, 2.45) is 5.73 Å². The van der Waals surface area contributed by atoms with Crippen LogP contribution in [0.2, 0.25) is 0 Å². The van der Waals surface area contributed by atoms with E-state index in [0.29, 0.717) is 11.6 Å². The standard InChI is InChI=1S/C15H23FN2/c1-2-18(14-5-3-4-6-14)11-12-7-8-15(16)13(9-12)10-17/h7-9,14H,2-6,10-11,17H2,1H3. The van der Waals surface area contributed by atoms with E-state index in [-0.39, 0.29) is 12.4 Å². The summed E-state index contributed by atoms with van der Waals surface area (Å²) in [7, 11) is 0. The van der Waals surface area contributed by atoms with Gasteiger partial charge in [0.2, 0.25) is 0 Å². The number of nitrogens with two attached hydrogens (primary N) is 1. The first-order valence-corrected chi connectivity index (χ1v) is 6.96. The summed E-state index contributed by atoms with van der Waals surface area (Å²) in [5.41, 5.74) is 7.34. The van der Waals surface area contributed by atoms with Gasteiger partial charge >= 0.3 is 0 Å².